The first-order chi connectivity index (χ1) is 22.2. The molecule has 1 N–H and O–H groups in total. The Balaban J connectivity index is 1.40. The zero-order valence-electron chi connectivity index (χ0n) is 27.3. The van der Waals surface area contributed by atoms with E-state index in [9.17, 15) is 4.79 Å². The molecule has 0 fully saturated rings. The lowest BCUT2D eigenvalue weighted by Gasteiger charge is -2.13. The number of carboxylic acid groups (broad SMARTS) is 1. The van der Waals surface area contributed by atoms with E-state index in [1.165, 1.54) is 50.1 Å². The Labute approximate surface area is 278 Å². The molecule has 0 aliphatic carbocycles. The number of aliphatic carboxylic acids is 1. The molecule has 0 spiro atoms. The third-order valence-electron chi connectivity index (χ3n) is 8.25. The van der Waals surface area contributed by atoms with Crippen LogP contribution in [0.5, 0.6) is 5.75 Å². The lowest BCUT2D eigenvalue weighted by atomic mass is 9.93. The molecule has 4 heteroatoms. The number of hydrogen-bond acceptors (Lipinski definition) is 3. The Kier molecular flexibility index (Phi) is 10.8. The van der Waals surface area contributed by atoms with Gasteiger partial charge in [-0.05, 0) is 92.6 Å². The van der Waals surface area contributed by atoms with Gasteiger partial charge in [-0.1, -0.05) is 131 Å². The van der Waals surface area contributed by atoms with Gasteiger partial charge in [-0.15, -0.1) is 11.8 Å². The van der Waals surface area contributed by atoms with E-state index in [1.807, 2.05) is 25.1 Å². The summed E-state index contributed by atoms with van der Waals surface area (Å²) in [5.41, 5.74) is 12.0. The van der Waals surface area contributed by atoms with Crippen LogP contribution in [0.25, 0.3) is 27.8 Å². The minimum Gasteiger partial charge on any atom is -0.482 e. The molecule has 0 atom stereocenters. The molecule has 46 heavy (non-hydrogen) atoms. The molecule has 0 radical (unpaired) electrons. The zero-order chi connectivity index (χ0) is 32.6. The molecule has 5 aromatic carbocycles. The summed E-state index contributed by atoms with van der Waals surface area (Å²) >= 11 is 1.74. The zero-order valence-corrected chi connectivity index (χ0v) is 28.1. The predicted octanol–water partition coefficient (Wildman–Crippen LogP) is 11.3. The number of aryl methyl sites for hydroxylation is 1. The van der Waals surface area contributed by atoms with Gasteiger partial charge in [0, 0.05) is 10.6 Å². The second-order valence-electron chi connectivity index (χ2n) is 12.2. The largest absolute Gasteiger partial charge is 0.482 e. The first-order valence-corrected chi connectivity index (χ1v) is 16.9. The van der Waals surface area contributed by atoms with Gasteiger partial charge in [0.2, 0.25) is 0 Å². The second kappa shape index (κ2) is 15.2. The van der Waals surface area contributed by atoms with Gasteiger partial charge < -0.3 is 9.84 Å². The maximum Gasteiger partial charge on any atom is 0.341 e. The van der Waals surface area contributed by atoms with Crippen molar-refractivity contribution in [2.75, 3.05) is 12.4 Å². The summed E-state index contributed by atoms with van der Waals surface area (Å²) in [5, 5.41) is 8.94. The normalized spacial score (nSPS) is 11.1. The van der Waals surface area contributed by atoms with E-state index in [-0.39, 0.29) is 6.61 Å². The summed E-state index contributed by atoms with van der Waals surface area (Å²) < 4.78 is 5.41. The van der Waals surface area contributed by atoms with Crippen LogP contribution in [0.2, 0.25) is 0 Å². The summed E-state index contributed by atoms with van der Waals surface area (Å²) in [4.78, 5) is 12.0. The topological polar surface area (TPSA) is 46.5 Å². The van der Waals surface area contributed by atoms with Crippen LogP contribution in [0.15, 0.2) is 126 Å². The third-order valence-corrected chi connectivity index (χ3v) is 9.17. The maximum atomic E-state index is 10.9. The summed E-state index contributed by atoms with van der Waals surface area (Å²) in [6, 6.07) is 41.4. The van der Waals surface area contributed by atoms with Gasteiger partial charge in [-0.3, -0.25) is 0 Å². The molecular formula is C42H42O3S. The van der Waals surface area contributed by atoms with Crippen LogP contribution in [0.1, 0.15) is 67.3 Å². The third kappa shape index (κ3) is 8.38. The van der Waals surface area contributed by atoms with E-state index in [0.29, 0.717) is 17.6 Å². The van der Waals surface area contributed by atoms with Gasteiger partial charge in [0.15, 0.2) is 6.61 Å². The fraction of sp³-hybridized carbons (Fsp3) is 0.214. The van der Waals surface area contributed by atoms with E-state index in [1.54, 1.807) is 11.8 Å². The van der Waals surface area contributed by atoms with Crippen LogP contribution in [-0.2, 0) is 4.79 Å². The van der Waals surface area contributed by atoms with Gasteiger partial charge in [0.25, 0.3) is 0 Å². The molecule has 5 rings (SSSR count). The van der Waals surface area contributed by atoms with Gasteiger partial charge in [0.05, 0.1) is 0 Å². The smallest absolute Gasteiger partial charge is 0.341 e. The molecule has 234 valence electrons. The van der Waals surface area contributed by atoms with E-state index in [2.05, 4.69) is 131 Å². The summed E-state index contributed by atoms with van der Waals surface area (Å²) in [6.07, 6.45) is 2.30. The minimum atomic E-state index is -0.982. The average molecular weight is 627 g/mol. The molecular weight excluding hydrogens is 585 g/mol. The quantitative estimate of drug-likeness (QED) is 0.140. The molecule has 0 aliphatic rings. The highest BCUT2D eigenvalue weighted by Crippen LogP contribution is 2.32. The summed E-state index contributed by atoms with van der Waals surface area (Å²) in [5.74, 6) is 1.42. The van der Waals surface area contributed by atoms with Gasteiger partial charge in [-0.25, -0.2) is 4.79 Å². The van der Waals surface area contributed by atoms with Crippen molar-refractivity contribution in [2.45, 2.75) is 51.3 Å². The van der Waals surface area contributed by atoms with Crippen molar-refractivity contribution >= 4 is 23.3 Å². The first-order valence-electron chi connectivity index (χ1n) is 15.9. The van der Waals surface area contributed by atoms with Crippen LogP contribution < -0.4 is 4.74 Å². The van der Waals surface area contributed by atoms with Crippen LogP contribution in [-0.4, -0.2) is 23.4 Å². The number of benzene rings is 5. The standard InChI is InChI=1S/C42H42O3S/c1-28(2)31-6-10-33(11-7-31)35-14-18-37(19-15-35)40(24-25-46-39-22-23-41(30(5)26-39)45-27-42(43)44)38-20-16-36(17-21-38)34-12-8-32(9-13-34)29(3)4/h6-24,26,28-29H,25,27H2,1-5H3,(H,43,44). The van der Waals surface area contributed by atoms with Crippen molar-refractivity contribution in [3.05, 3.63) is 149 Å². The van der Waals surface area contributed by atoms with Crippen LogP contribution in [0, 0.1) is 6.92 Å². The fourth-order valence-electron chi connectivity index (χ4n) is 5.44. The molecule has 0 amide bonds. The Hall–Kier alpha value is -4.54. The summed E-state index contributed by atoms with van der Waals surface area (Å²) in [6.45, 7) is 10.5. The van der Waals surface area contributed by atoms with E-state index >= 15 is 0 Å². The lowest BCUT2D eigenvalue weighted by Crippen LogP contribution is -2.09. The number of ether oxygens (including phenoxy) is 1. The van der Waals surface area contributed by atoms with Crippen molar-refractivity contribution in [1.82, 2.24) is 0 Å². The summed E-state index contributed by atoms with van der Waals surface area (Å²) in [7, 11) is 0. The van der Waals surface area contributed by atoms with Crippen molar-refractivity contribution in [3.8, 4) is 28.0 Å². The Morgan fingerprint density at radius 1 is 0.674 bits per heavy atom. The average Bonchev–Trinajstić information content (AvgIpc) is 3.06. The monoisotopic (exact) mass is 626 g/mol. The maximum absolute atomic E-state index is 10.9. The van der Waals surface area contributed by atoms with Crippen molar-refractivity contribution in [1.29, 1.82) is 0 Å². The van der Waals surface area contributed by atoms with Crippen LogP contribution >= 0.6 is 11.8 Å². The van der Waals surface area contributed by atoms with E-state index in [4.69, 9.17) is 9.84 Å². The number of rotatable bonds is 12. The number of carbonyl (C=O) groups is 1. The van der Waals surface area contributed by atoms with Crippen molar-refractivity contribution in [3.63, 3.8) is 0 Å². The molecule has 0 saturated carbocycles. The Morgan fingerprint density at radius 2 is 1.11 bits per heavy atom. The molecule has 0 bridgehead atoms. The highest BCUT2D eigenvalue weighted by Gasteiger charge is 2.10. The number of hydrogen-bond donors (Lipinski definition) is 1. The van der Waals surface area contributed by atoms with E-state index < -0.39 is 5.97 Å². The number of carboxylic acids is 1. The Bertz CT molecular complexity index is 1680. The first kappa shape index (κ1) is 32.8. The SMILES string of the molecule is Cc1cc(SCC=C(c2ccc(-c3ccc(C(C)C)cc3)cc2)c2ccc(-c3ccc(C(C)C)cc3)cc2)ccc1OCC(=O)O. The highest BCUT2D eigenvalue weighted by atomic mass is 32.2. The number of thioether (sulfide) groups is 1. The second-order valence-corrected chi connectivity index (χ2v) is 13.3. The fourth-order valence-corrected chi connectivity index (χ4v) is 6.31. The van der Waals surface area contributed by atoms with E-state index in [0.717, 1.165) is 16.2 Å². The molecule has 0 aromatic heterocycles. The molecule has 5 aromatic rings. The highest BCUT2D eigenvalue weighted by molar-refractivity contribution is 7.99. The van der Waals surface area contributed by atoms with Crippen molar-refractivity contribution < 1.29 is 14.6 Å². The minimum absolute atomic E-state index is 0.344. The molecule has 3 nitrogen and oxygen atoms in total. The van der Waals surface area contributed by atoms with Gasteiger partial charge in [0.1, 0.15) is 5.75 Å². The van der Waals surface area contributed by atoms with Gasteiger partial charge >= 0.3 is 5.97 Å². The van der Waals surface area contributed by atoms with Crippen molar-refractivity contribution in [2.24, 2.45) is 0 Å². The van der Waals surface area contributed by atoms with Crippen LogP contribution in [0.3, 0.4) is 0 Å². The molecule has 0 aliphatic heterocycles. The molecule has 0 heterocycles. The molecule has 0 saturated heterocycles. The lowest BCUT2D eigenvalue weighted by molar-refractivity contribution is -0.139. The predicted molar refractivity (Wildman–Crippen MR) is 194 cm³/mol. The Morgan fingerprint density at radius 3 is 1.50 bits per heavy atom. The van der Waals surface area contributed by atoms with Crippen LogP contribution in [0.4, 0.5) is 0 Å². The van der Waals surface area contributed by atoms with Gasteiger partial charge in [-0.2, -0.15) is 0 Å². The molecule has 0 unspecified atom stereocenters.